The maximum atomic E-state index is 3.66. The first-order valence-corrected chi connectivity index (χ1v) is 11.5. The van der Waals surface area contributed by atoms with Crippen LogP contribution in [0.5, 0.6) is 0 Å². The van der Waals surface area contributed by atoms with Crippen molar-refractivity contribution in [2.75, 3.05) is 5.32 Å². The molecule has 5 aromatic rings. The van der Waals surface area contributed by atoms with E-state index >= 15 is 0 Å². The van der Waals surface area contributed by atoms with Crippen molar-refractivity contribution in [2.24, 2.45) is 0 Å². The molecule has 0 aromatic heterocycles. The number of benzene rings is 5. The quantitative estimate of drug-likeness (QED) is 0.297. The second kappa shape index (κ2) is 6.70. The molecule has 0 radical (unpaired) electrons. The summed E-state index contributed by atoms with van der Waals surface area (Å²) in [5.41, 5.74) is 14.0. The summed E-state index contributed by atoms with van der Waals surface area (Å²) in [6.45, 7) is 2.13. The highest BCUT2D eigenvalue weighted by Crippen LogP contribution is 2.62. The van der Waals surface area contributed by atoms with Crippen molar-refractivity contribution in [2.45, 2.75) is 12.3 Å². The van der Waals surface area contributed by atoms with Crippen LogP contribution in [0, 0.1) is 6.92 Å². The molecule has 156 valence electrons. The Labute approximate surface area is 194 Å². The van der Waals surface area contributed by atoms with Crippen LogP contribution in [0.4, 0.5) is 11.4 Å². The Morgan fingerprint density at radius 2 is 0.970 bits per heavy atom. The first-order chi connectivity index (χ1) is 16.3. The molecule has 0 bridgehead atoms. The SMILES string of the molecule is Cc1cccc(Nc2ccc3c(c2)C2(c4ccccc4-c4ccccc42)c2ccccc2-3)c1. The topological polar surface area (TPSA) is 12.0 Å². The molecule has 0 saturated carbocycles. The standard InChI is InChI=1S/C32H23N/c1-21-9-8-10-22(19-21)33-23-17-18-27-26-13-4-7-16-30(26)32(31(27)20-23)28-14-5-2-11-24(28)25-12-3-6-15-29(25)32/h2-20,33H,1H3. The zero-order valence-corrected chi connectivity index (χ0v) is 18.5. The van der Waals surface area contributed by atoms with Gasteiger partial charge in [-0.05, 0) is 81.3 Å². The van der Waals surface area contributed by atoms with Gasteiger partial charge in [-0.15, -0.1) is 0 Å². The number of hydrogen-bond donors (Lipinski definition) is 1. The van der Waals surface area contributed by atoms with Gasteiger partial charge >= 0.3 is 0 Å². The molecule has 0 amide bonds. The summed E-state index contributed by atoms with van der Waals surface area (Å²) < 4.78 is 0. The molecular weight excluding hydrogens is 398 g/mol. The van der Waals surface area contributed by atoms with Gasteiger partial charge in [0.2, 0.25) is 0 Å². The van der Waals surface area contributed by atoms with Crippen LogP contribution in [0.3, 0.4) is 0 Å². The van der Waals surface area contributed by atoms with Gasteiger partial charge in [0, 0.05) is 11.4 Å². The molecule has 2 aliphatic rings. The lowest BCUT2D eigenvalue weighted by Gasteiger charge is -2.30. The van der Waals surface area contributed by atoms with Gasteiger partial charge in [-0.25, -0.2) is 0 Å². The minimum absolute atomic E-state index is 0.288. The summed E-state index contributed by atoms with van der Waals surface area (Å²) in [6, 6.07) is 42.3. The highest BCUT2D eigenvalue weighted by molar-refractivity contribution is 5.95. The second-order valence-electron chi connectivity index (χ2n) is 9.14. The molecule has 0 fully saturated rings. The molecule has 1 N–H and O–H groups in total. The maximum absolute atomic E-state index is 3.66. The summed E-state index contributed by atoms with van der Waals surface area (Å²) in [7, 11) is 0. The van der Waals surface area contributed by atoms with Crippen molar-refractivity contribution >= 4 is 11.4 Å². The fourth-order valence-electron chi connectivity index (χ4n) is 6.06. The van der Waals surface area contributed by atoms with Crippen molar-refractivity contribution < 1.29 is 0 Å². The van der Waals surface area contributed by atoms with E-state index in [1.54, 1.807) is 0 Å². The second-order valence-corrected chi connectivity index (χ2v) is 9.14. The molecule has 2 aliphatic carbocycles. The normalized spacial score (nSPS) is 13.8. The number of aryl methyl sites for hydroxylation is 1. The maximum Gasteiger partial charge on any atom is 0.0726 e. The number of hydrogen-bond acceptors (Lipinski definition) is 1. The third-order valence-electron chi connectivity index (χ3n) is 7.30. The van der Waals surface area contributed by atoms with E-state index in [4.69, 9.17) is 0 Å². The van der Waals surface area contributed by atoms with Crippen LogP contribution in [0.25, 0.3) is 22.3 Å². The third kappa shape index (κ3) is 2.42. The lowest BCUT2D eigenvalue weighted by Crippen LogP contribution is -2.25. The lowest BCUT2D eigenvalue weighted by molar-refractivity contribution is 0.794. The van der Waals surface area contributed by atoms with Crippen LogP contribution >= 0.6 is 0 Å². The molecule has 0 saturated heterocycles. The molecule has 0 atom stereocenters. The van der Waals surface area contributed by atoms with E-state index in [0.29, 0.717) is 0 Å². The number of fused-ring (bicyclic) bond motifs is 10. The number of anilines is 2. The van der Waals surface area contributed by atoms with E-state index in [1.807, 2.05) is 0 Å². The zero-order chi connectivity index (χ0) is 22.0. The molecule has 0 aliphatic heterocycles. The van der Waals surface area contributed by atoms with Gasteiger partial charge in [0.15, 0.2) is 0 Å². The lowest BCUT2D eigenvalue weighted by atomic mass is 9.70. The Hall–Kier alpha value is -4.10. The van der Waals surface area contributed by atoms with Crippen LogP contribution in [0.1, 0.15) is 27.8 Å². The van der Waals surface area contributed by atoms with Gasteiger partial charge in [0.1, 0.15) is 0 Å². The average molecular weight is 422 g/mol. The van der Waals surface area contributed by atoms with Crippen LogP contribution in [0.2, 0.25) is 0 Å². The van der Waals surface area contributed by atoms with E-state index in [-0.39, 0.29) is 5.41 Å². The average Bonchev–Trinajstić information content (AvgIpc) is 3.31. The fraction of sp³-hybridized carbons (Fsp3) is 0.0625. The van der Waals surface area contributed by atoms with Gasteiger partial charge < -0.3 is 5.32 Å². The first-order valence-electron chi connectivity index (χ1n) is 11.5. The Kier molecular flexibility index (Phi) is 3.75. The van der Waals surface area contributed by atoms with Crippen LogP contribution in [-0.4, -0.2) is 0 Å². The largest absolute Gasteiger partial charge is 0.356 e. The summed E-state index contributed by atoms with van der Waals surface area (Å²) in [5, 5.41) is 3.66. The summed E-state index contributed by atoms with van der Waals surface area (Å²) in [6.07, 6.45) is 0. The fourth-order valence-corrected chi connectivity index (χ4v) is 6.06. The Bertz CT molecular complexity index is 1500. The van der Waals surface area contributed by atoms with Crippen molar-refractivity contribution in [3.63, 3.8) is 0 Å². The van der Waals surface area contributed by atoms with Gasteiger partial charge in [-0.2, -0.15) is 0 Å². The molecule has 0 heterocycles. The predicted molar refractivity (Wildman–Crippen MR) is 137 cm³/mol. The van der Waals surface area contributed by atoms with Crippen LogP contribution < -0.4 is 5.32 Å². The third-order valence-corrected chi connectivity index (χ3v) is 7.30. The van der Waals surface area contributed by atoms with Gasteiger partial charge in [0.05, 0.1) is 5.41 Å². The monoisotopic (exact) mass is 421 g/mol. The minimum atomic E-state index is -0.288. The summed E-state index contributed by atoms with van der Waals surface area (Å²) in [5.74, 6) is 0. The molecular formula is C32H23N. The van der Waals surface area contributed by atoms with Crippen molar-refractivity contribution in [1.82, 2.24) is 0 Å². The molecule has 5 aromatic carbocycles. The minimum Gasteiger partial charge on any atom is -0.356 e. The molecule has 0 unspecified atom stereocenters. The van der Waals surface area contributed by atoms with Crippen molar-refractivity contribution in [3.8, 4) is 22.3 Å². The Balaban J connectivity index is 1.53. The Morgan fingerprint density at radius 1 is 0.455 bits per heavy atom. The van der Waals surface area contributed by atoms with Gasteiger partial charge in [0.25, 0.3) is 0 Å². The van der Waals surface area contributed by atoms with Gasteiger partial charge in [-0.3, -0.25) is 0 Å². The van der Waals surface area contributed by atoms with E-state index in [9.17, 15) is 0 Å². The Morgan fingerprint density at radius 3 is 1.55 bits per heavy atom. The van der Waals surface area contributed by atoms with Crippen LogP contribution in [0.15, 0.2) is 115 Å². The van der Waals surface area contributed by atoms with Gasteiger partial charge in [-0.1, -0.05) is 91.0 Å². The van der Waals surface area contributed by atoms with Crippen LogP contribution in [-0.2, 0) is 5.41 Å². The highest BCUT2D eigenvalue weighted by atomic mass is 14.9. The van der Waals surface area contributed by atoms with E-state index in [0.717, 1.165) is 11.4 Å². The highest BCUT2D eigenvalue weighted by Gasteiger charge is 2.51. The summed E-state index contributed by atoms with van der Waals surface area (Å²) >= 11 is 0. The summed E-state index contributed by atoms with van der Waals surface area (Å²) in [4.78, 5) is 0. The molecule has 1 nitrogen and oxygen atoms in total. The van der Waals surface area contributed by atoms with E-state index < -0.39 is 0 Å². The molecule has 33 heavy (non-hydrogen) atoms. The molecule has 1 spiro atoms. The van der Waals surface area contributed by atoms with Crippen molar-refractivity contribution in [3.05, 3.63) is 143 Å². The van der Waals surface area contributed by atoms with Crippen molar-refractivity contribution in [1.29, 1.82) is 0 Å². The first kappa shape index (κ1) is 18.5. The smallest absolute Gasteiger partial charge is 0.0726 e. The van der Waals surface area contributed by atoms with E-state index in [2.05, 4.69) is 128 Å². The molecule has 7 rings (SSSR count). The molecule has 1 heteroatoms. The predicted octanol–water partition coefficient (Wildman–Crippen LogP) is 8.08. The zero-order valence-electron chi connectivity index (χ0n) is 18.5. The number of nitrogens with one attached hydrogen (secondary N) is 1. The van der Waals surface area contributed by atoms with E-state index in [1.165, 1.54) is 50.1 Å². The number of rotatable bonds is 2.